The number of hydrogen-bond acceptors (Lipinski definition) is 2. The van der Waals surface area contributed by atoms with Crippen molar-refractivity contribution in [3.8, 4) is 0 Å². The first-order valence-electron chi connectivity index (χ1n) is 4.29. The quantitative estimate of drug-likeness (QED) is 0.424. The van der Waals surface area contributed by atoms with Gasteiger partial charge in [-0.1, -0.05) is 29.3 Å². The third kappa shape index (κ3) is 4.95. The first kappa shape index (κ1) is 16.2. The van der Waals surface area contributed by atoms with Gasteiger partial charge < -0.3 is 16.4 Å². The number of thiocarbonyl (C=S) groups is 1. The molecule has 0 amide bonds. The lowest BCUT2D eigenvalue weighted by Gasteiger charge is -2.12. The van der Waals surface area contributed by atoms with Crippen LogP contribution >= 0.6 is 47.8 Å². The van der Waals surface area contributed by atoms with Crippen LogP contribution in [0.2, 0.25) is 10.0 Å². The number of guanidine groups is 1. The van der Waals surface area contributed by atoms with Crippen molar-refractivity contribution < 1.29 is 0 Å². The molecule has 1 aromatic rings. The van der Waals surface area contributed by atoms with Crippen LogP contribution in [0.1, 0.15) is 0 Å². The molecule has 0 heterocycles. The minimum Gasteiger partial charge on any atom is -0.370 e. The zero-order valence-corrected chi connectivity index (χ0v) is 12.0. The number of nitrogens with two attached hydrogens (primary N) is 1. The van der Waals surface area contributed by atoms with Crippen molar-refractivity contribution in [2.75, 3.05) is 12.4 Å². The van der Waals surface area contributed by atoms with Crippen LogP contribution in [-0.2, 0) is 0 Å². The van der Waals surface area contributed by atoms with E-state index in [9.17, 15) is 0 Å². The van der Waals surface area contributed by atoms with E-state index < -0.39 is 0 Å². The fourth-order valence-corrected chi connectivity index (χ4v) is 1.63. The average molecular weight is 314 g/mol. The number of hydrogen-bond donors (Lipinski definition) is 3. The van der Waals surface area contributed by atoms with E-state index in [1.807, 2.05) is 0 Å². The number of rotatable bonds is 1. The van der Waals surface area contributed by atoms with Crippen LogP contribution in [0.3, 0.4) is 0 Å². The lowest BCUT2D eigenvalue weighted by Crippen LogP contribution is -2.39. The molecule has 0 spiro atoms. The van der Waals surface area contributed by atoms with Crippen molar-refractivity contribution >= 4 is 64.6 Å². The van der Waals surface area contributed by atoms with Crippen LogP contribution < -0.4 is 16.4 Å². The van der Waals surface area contributed by atoms with Gasteiger partial charge in [0.05, 0.1) is 15.7 Å². The number of aliphatic imine (C=N–C) groups is 1. The zero-order valence-electron chi connectivity index (χ0n) is 8.83. The van der Waals surface area contributed by atoms with Gasteiger partial charge in [0.25, 0.3) is 0 Å². The maximum absolute atomic E-state index is 5.95. The third-order valence-corrected chi connectivity index (χ3v) is 2.52. The topological polar surface area (TPSA) is 62.4 Å². The van der Waals surface area contributed by atoms with Gasteiger partial charge in [0.1, 0.15) is 0 Å². The molecule has 4 nitrogen and oxygen atoms in total. The van der Waals surface area contributed by atoms with Crippen LogP contribution in [0.4, 0.5) is 5.69 Å². The second kappa shape index (κ2) is 7.55. The first-order valence-corrected chi connectivity index (χ1v) is 5.45. The van der Waals surface area contributed by atoms with E-state index in [1.54, 1.807) is 25.2 Å². The minimum atomic E-state index is 0. The summed E-state index contributed by atoms with van der Waals surface area (Å²) >= 11 is 16.9. The summed E-state index contributed by atoms with van der Waals surface area (Å²) in [6, 6.07) is 5.15. The van der Waals surface area contributed by atoms with Crippen molar-refractivity contribution in [2.45, 2.75) is 0 Å². The second-order valence-electron chi connectivity index (χ2n) is 2.78. The fraction of sp³-hybridized carbons (Fsp3) is 0.111. The van der Waals surface area contributed by atoms with Gasteiger partial charge in [-0.15, -0.1) is 12.4 Å². The molecule has 4 N–H and O–H groups in total. The summed E-state index contributed by atoms with van der Waals surface area (Å²) in [7, 11) is 1.55. The van der Waals surface area contributed by atoms with Gasteiger partial charge in [-0.2, -0.15) is 0 Å². The molecule has 1 rings (SSSR count). The van der Waals surface area contributed by atoms with Crippen LogP contribution in [0.25, 0.3) is 0 Å². The van der Waals surface area contributed by atoms with Gasteiger partial charge in [-0.25, -0.2) is 0 Å². The van der Waals surface area contributed by atoms with Crippen molar-refractivity contribution in [3.05, 3.63) is 28.2 Å². The molecule has 0 aliphatic carbocycles. The standard InChI is InChI=1S/C9H10Cl2N4S.ClH/c1-13-8(12)15-9(16)14-7-5(10)3-2-4-6(7)11;/h2-4H,1H3,(H4,12,13,14,15,16);1H. The molecule has 0 radical (unpaired) electrons. The molecule has 0 aliphatic rings. The summed E-state index contributed by atoms with van der Waals surface area (Å²) in [5.74, 6) is 0.209. The van der Waals surface area contributed by atoms with E-state index >= 15 is 0 Å². The largest absolute Gasteiger partial charge is 0.370 e. The molecule has 0 bridgehead atoms. The number of anilines is 1. The summed E-state index contributed by atoms with van der Waals surface area (Å²) in [6.07, 6.45) is 0. The Kier molecular flexibility index (Phi) is 7.22. The number of halogens is 3. The molecular weight excluding hydrogens is 303 g/mol. The zero-order chi connectivity index (χ0) is 12.1. The summed E-state index contributed by atoms with van der Waals surface area (Å²) in [5, 5.41) is 6.73. The van der Waals surface area contributed by atoms with Crippen molar-refractivity contribution in [2.24, 2.45) is 10.7 Å². The Balaban J connectivity index is 0.00000256. The van der Waals surface area contributed by atoms with Gasteiger partial charge in [-0.3, -0.25) is 4.99 Å². The summed E-state index contributed by atoms with van der Waals surface area (Å²) < 4.78 is 0. The normalized spacial score (nSPS) is 10.4. The second-order valence-corrected chi connectivity index (χ2v) is 4.01. The Morgan fingerprint density at radius 3 is 2.35 bits per heavy atom. The van der Waals surface area contributed by atoms with Gasteiger partial charge >= 0.3 is 0 Å². The molecular formula is C9H11Cl3N4S. The Hall–Kier alpha value is -0.750. The summed E-state index contributed by atoms with van der Waals surface area (Å²) in [4.78, 5) is 3.70. The fourth-order valence-electron chi connectivity index (χ4n) is 0.934. The highest BCUT2D eigenvalue weighted by atomic mass is 35.5. The maximum Gasteiger partial charge on any atom is 0.194 e. The highest BCUT2D eigenvalue weighted by molar-refractivity contribution is 7.80. The van der Waals surface area contributed by atoms with Crippen LogP contribution in [0.15, 0.2) is 23.2 Å². The molecule has 0 aliphatic heterocycles. The molecule has 0 fully saturated rings. The van der Waals surface area contributed by atoms with Crippen molar-refractivity contribution in [1.82, 2.24) is 5.32 Å². The van der Waals surface area contributed by atoms with Crippen molar-refractivity contribution in [3.63, 3.8) is 0 Å². The molecule has 8 heteroatoms. The Labute approximate surface area is 121 Å². The molecule has 17 heavy (non-hydrogen) atoms. The summed E-state index contributed by atoms with van der Waals surface area (Å²) in [5.41, 5.74) is 5.98. The van der Waals surface area contributed by atoms with Gasteiger partial charge in [0.15, 0.2) is 11.1 Å². The van der Waals surface area contributed by atoms with Gasteiger partial charge in [0, 0.05) is 7.05 Å². The van der Waals surface area contributed by atoms with E-state index in [0.29, 0.717) is 15.7 Å². The molecule has 0 atom stereocenters. The lowest BCUT2D eigenvalue weighted by atomic mass is 10.3. The predicted octanol–water partition coefficient (Wildman–Crippen LogP) is 2.65. The minimum absolute atomic E-state index is 0. The lowest BCUT2D eigenvalue weighted by molar-refractivity contribution is 1.26. The van der Waals surface area contributed by atoms with Crippen LogP contribution in [0, 0.1) is 0 Å². The van der Waals surface area contributed by atoms with Gasteiger partial charge in [-0.05, 0) is 24.4 Å². The third-order valence-electron chi connectivity index (χ3n) is 1.68. The number of nitrogens with one attached hydrogen (secondary N) is 2. The smallest absolute Gasteiger partial charge is 0.194 e. The van der Waals surface area contributed by atoms with Crippen LogP contribution in [0.5, 0.6) is 0 Å². The number of para-hydroxylation sites is 1. The van der Waals surface area contributed by atoms with E-state index in [4.69, 9.17) is 41.2 Å². The summed E-state index contributed by atoms with van der Waals surface area (Å²) in [6.45, 7) is 0. The monoisotopic (exact) mass is 312 g/mol. The molecule has 1 aromatic carbocycles. The first-order chi connectivity index (χ1) is 7.54. The Morgan fingerprint density at radius 2 is 1.88 bits per heavy atom. The van der Waals surface area contributed by atoms with E-state index in [0.717, 1.165) is 0 Å². The molecule has 0 aromatic heterocycles. The highest BCUT2D eigenvalue weighted by Gasteiger charge is 2.07. The average Bonchev–Trinajstić information content (AvgIpc) is 2.23. The SMILES string of the molecule is CN=C(N)NC(=S)Nc1c(Cl)cccc1Cl.Cl. The Morgan fingerprint density at radius 1 is 1.35 bits per heavy atom. The van der Waals surface area contributed by atoms with E-state index in [-0.39, 0.29) is 23.5 Å². The number of nitrogens with zero attached hydrogens (tertiary/aromatic N) is 1. The highest BCUT2D eigenvalue weighted by Crippen LogP contribution is 2.29. The predicted molar refractivity (Wildman–Crippen MR) is 80.6 cm³/mol. The molecule has 0 unspecified atom stereocenters. The van der Waals surface area contributed by atoms with Crippen LogP contribution in [-0.4, -0.2) is 18.1 Å². The number of benzene rings is 1. The van der Waals surface area contributed by atoms with E-state index in [2.05, 4.69) is 15.6 Å². The molecule has 94 valence electrons. The maximum atomic E-state index is 5.95. The molecule has 0 saturated heterocycles. The van der Waals surface area contributed by atoms with Crippen molar-refractivity contribution in [1.29, 1.82) is 0 Å². The molecule has 0 saturated carbocycles. The van der Waals surface area contributed by atoms with Gasteiger partial charge in [0.2, 0.25) is 0 Å². The Bertz CT molecular complexity index is 416. The van der Waals surface area contributed by atoms with E-state index in [1.165, 1.54) is 0 Å².